The fraction of sp³-hybridized carbons (Fsp3) is 0.227. The molecule has 0 spiro atoms. The van der Waals surface area contributed by atoms with E-state index >= 15 is 0 Å². The highest BCUT2D eigenvalue weighted by atomic mass is 32.2. The van der Waals surface area contributed by atoms with Gasteiger partial charge in [-0.15, -0.1) is 10.2 Å². The van der Waals surface area contributed by atoms with Gasteiger partial charge in [0.1, 0.15) is 11.6 Å². The molecule has 0 aliphatic carbocycles. The first kappa shape index (κ1) is 22.3. The number of thioether (sulfide) groups is 1. The summed E-state index contributed by atoms with van der Waals surface area (Å²) in [5.74, 6) is 0.811. The molecule has 0 radical (unpaired) electrons. The number of hydrogen-bond donors (Lipinski definition) is 3. The Morgan fingerprint density at radius 3 is 2.76 bits per heavy atom. The minimum atomic E-state index is -0.522. The van der Waals surface area contributed by atoms with E-state index in [1.807, 2.05) is 34.9 Å². The van der Waals surface area contributed by atoms with Gasteiger partial charge >= 0.3 is 6.03 Å². The fourth-order valence-corrected chi connectivity index (χ4v) is 4.18. The van der Waals surface area contributed by atoms with Crippen molar-refractivity contribution in [2.45, 2.75) is 24.0 Å². The molecule has 33 heavy (non-hydrogen) atoms. The van der Waals surface area contributed by atoms with Crippen LogP contribution in [0.15, 0.2) is 59.8 Å². The van der Waals surface area contributed by atoms with Gasteiger partial charge in [0.15, 0.2) is 5.16 Å². The second-order valence-corrected chi connectivity index (χ2v) is 8.21. The predicted molar refractivity (Wildman–Crippen MR) is 122 cm³/mol. The smallest absolute Gasteiger partial charge is 0.321 e. The van der Waals surface area contributed by atoms with Gasteiger partial charge in [0.2, 0.25) is 11.8 Å². The van der Waals surface area contributed by atoms with Crippen molar-refractivity contribution >= 4 is 35.3 Å². The molecule has 1 aliphatic rings. The molecule has 1 fully saturated rings. The molecule has 4 amide bonds. The maximum absolute atomic E-state index is 12.5. The van der Waals surface area contributed by atoms with Crippen LogP contribution >= 0.6 is 11.8 Å². The Morgan fingerprint density at radius 1 is 1.18 bits per heavy atom. The largest absolute Gasteiger partial charge is 0.497 e. The standard InChI is InChI=1S/C22H22N6O4S/c1-32-17-9-5-6-14(10-17)23-20(30)13-33-22-27-26-18(28(22)16-7-3-2-4-8-16)11-15-12-19(29)25-21(31)24-15/h2-10,15H,11-13H2,1H3,(H,23,30)(H2,24,25,29,31). The van der Waals surface area contributed by atoms with Crippen molar-refractivity contribution in [3.05, 3.63) is 60.4 Å². The zero-order valence-electron chi connectivity index (χ0n) is 17.8. The Labute approximate surface area is 194 Å². The van der Waals surface area contributed by atoms with E-state index < -0.39 is 12.1 Å². The minimum Gasteiger partial charge on any atom is -0.497 e. The van der Waals surface area contributed by atoms with Crippen LogP contribution in [0, 0.1) is 0 Å². The molecule has 170 valence electrons. The lowest BCUT2D eigenvalue weighted by Gasteiger charge is -2.23. The molecule has 11 heteroatoms. The highest BCUT2D eigenvalue weighted by molar-refractivity contribution is 7.99. The first-order valence-corrected chi connectivity index (χ1v) is 11.2. The zero-order valence-corrected chi connectivity index (χ0v) is 18.6. The summed E-state index contributed by atoms with van der Waals surface area (Å²) in [6.07, 6.45) is 0.469. The Bertz CT molecular complexity index is 1150. The topological polar surface area (TPSA) is 127 Å². The molecule has 1 saturated heterocycles. The molecule has 4 rings (SSSR count). The van der Waals surface area contributed by atoms with Crippen LogP contribution in [0.5, 0.6) is 5.75 Å². The molecule has 2 aromatic carbocycles. The van der Waals surface area contributed by atoms with Crippen LogP contribution in [-0.2, 0) is 16.0 Å². The van der Waals surface area contributed by atoms with Gasteiger partial charge in [-0.3, -0.25) is 19.5 Å². The molecular formula is C22H22N6O4S. The van der Waals surface area contributed by atoms with Gasteiger partial charge in [-0.1, -0.05) is 36.0 Å². The SMILES string of the molecule is COc1cccc(NC(=O)CSc2nnc(CC3CC(=O)NC(=O)N3)n2-c2ccccc2)c1. The second-order valence-electron chi connectivity index (χ2n) is 7.27. The van der Waals surface area contributed by atoms with Crippen LogP contribution in [0.2, 0.25) is 0 Å². The number of nitrogens with zero attached hydrogens (tertiary/aromatic N) is 3. The molecule has 1 aromatic heterocycles. The van der Waals surface area contributed by atoms with E-state index in [-0.39, 0.29) is 24.0 Å². The van der Waals surface area contributed by atoms with Gasteiger partial charge in [-0.2, -0.15) is 0 Å². The number of amides is 4. The average Bonchev–Trinajstić information content (AvgIpc) is 3.20. The summed E-state index contributed by atoms with van der Waals surface area (Å²) in [5.41, 5.74) is 1.45. The number of nitrogens with one attached hydrogen (secondary N) is 3. The van der Waals surface area contributed by atoms with Crippen LogP contribution < -0.4 is 20.7 Å². The molecular weight excluding hydrogens is 444 g/mol. The number of ether oxygens (including phenoxy) is 1. The van der Waals surface area contributed by atoms with Crippen LogP contribution in [-0.4, -0.2) is 51.5 Å². The van der Waals surface area contributed by atoms with Crippen molar-refractivity contribution < 1.29 is 19.1 Å². The molecule has 10 nitrogen and oxygen atoms in total. The number of urea groups is 1. The molecule has 3 aromatic rings. The lowest BCUT2D eigenvalue weighted by atomic mass is 10.1. The van der Waals surface area contributed by atoms with Gasteiger partial charge < -0.3 is 15.4 Å². The first-order valence-electron chi connectivity index (χ1n) is 10.2. The number of imide groups is 1. The molecule has 3 N–H and O–H groups in total. The summed E-state index contributed by atoms with van der Waals surface area (Å²) in [6.45, 7) is 0. The van der Waals surface area contributed by atoms with Crippen LogP contribution in [0.3, 0.4) is 0 Å². The Hall–Kier alpha value is -3.86. The van der Waals surface area contributed by atoms with Gasteiger partial charge in [0.05, 0.1) is 12.9 Å². The fourth-order valence-electron chi connectivity index (χ4n) is 3.41. The van der Waals surface area contributed by atoms with Crippen molar-refractivity contribution in [1.29, 1.82) is 0 Å². The molecule has 1 unspecified atom stereocenters. The number of methoxy groups -OCH3 is 1. The van der Waals surface area contributed by atoms with Gasteiger partial charge in [0.25, 0.3) is 0 Å². The Kier molecular flexibility index (Phi) is 6.89. The number of aromatic nitrogens is 3. The summed E-state index contributed by atoms with van der Waals surface area (Å²) >= 11 is 1.24. The van der Waals surface area contributed by atoms with E-state index in [0.29, 0.717) is 28.8 Å². The van der Waals surface area contributed by atoms with Crippen molar-refractivity contribution in [3.8, 4) is 11.4 Å². The molecule has 1 atom stereocenters. The van der Waals surface area contributed by atoms with E-state index in [1.54, 1.807) is 31.4 Å². The summed E-state index contributed by atoms with van der Waals surface area (Å²) in [6, 6.07) is 15.7. The maximum atomic E-state index is 12.5. The first-order chi connectivity index (χ1) is 16.0. The van der Waals surface area contributed by atoms with E-state index in [0.717, 1.165) is 5.69 Å². The minimum absolute atomic E-state index is 0.116. The quantitative estimate of drug-likeness (QED) is 0.434. The monoisotopic (exact) mass is 466 g/mol. The molecule has 2 heterocycles. The molecule has 0 bridgehead atoms. The lowest BCUT2D eigenvalue weighted by Crippen LogP contribution is -2.53. The summed E-state index contributed by atoms with van der Waals surface area (Å²) in [7, 11) is 1.57. The Balaban J connectivity index is 1.50. The normalized spacial score (nSPS) is 15.5. The third kappa shape index (κ3) is 5.69. The Morgan fingerprint density at radius 2 is 2.00 bits per heavy atom. The van der Waals surface area contributed by atoms with Gasteiger partial charge in [-0.05, 0) is 24.3 Å². The van der Waals surface area contributed by atoms with Crippen molar-refractivity contribution in [2.75, 3.05) is 18.2 Å². The zero-order chi connectivity index (χ0) is 23.2. The van der Waals surface area contributed by atoms with E-state index in [9.17, 15) is 14.4 Å². The van der Waals surface area contributed by atoms with Crippen LogP contribution in [0.25, 0.3) is 5.69 Å². The average molecular weight is 467 g/mol. The second kappa shape index (κ2) is 10.2. The highest BCUT2D eigenvalue weighted by Crippen LogP contribution is 2.24. The summed E-state index contributed by atoms with van der Waals surface area (Å²) < 4.78 is 7.02. The van der Waals surface area contributed by atoms with Crippen LogP contribution in [0.1, 0.15) is 12.2 Å². The number of hydrogen-bond acceptors (Lipinski definition) is 7. The number of para-hydroxylation sites is 1. The summed E-state index contributed by atoms with van der Waals surface area (Å²) in [4.78, 5) is 35.9. The summed E-state index contributed by atoms with van der Waals surface area (Å²) in [5, 5.41) is 16.9. The van der Waals surface area contributed by atoms with E-state index in [4.69, 9.17) is 4.74 Å². The number of carbonyl (C=O) groups excluding carboxylic acids is 3. The van der Waals surface area contributed by atoms with Crippen molar-refractivity contribution in [2.24, 2.45) is 0 Å². The number of benzene rings is 2. The van der Waals surface area contributed by atoms with E-state index in [2.05, 4.69) is 26.1 Å². The molecule has 0 saturated carbocycles. The lowest BCUT2D eigenvalue weighted by molar-refractivity contribution is -0.121. The maximum Gasteiger partial charge on any atom is 0.321 e. The number of rotatable bonds is 8. The van der Waals surface area contributed by atoms with Gasteiger partial charge in [-0.25, -0.2) is 4.79 Å². The highest BCUT2D eigenvalue weighted by Gasteiger charge is 2.27. The number of anilines is 1. The van der Waals surface area contributed by atoms with Crippen molar-refractivity contribution in [3.63, 3.8) is 0 Å². The molecule has 1 aliphatic heterocycles. The third-order valence-electron chi connectivity index (χ3n) is 4.85. The van der Waals surface area contributed by atoms with Crippen LogP contribution in [0.4, 0.5) is 10.5 Å². The third-order valence-corrected chi connectivity index (χ3v) is 5.78. The van der Waals surface area contributed by atoms with E-state index in [1.165, 1.54) is 11.8 Å². The van der Waals surface area contributed by atoms with Gasteiger partial charge in [0, 0.05) is 36.3 Å². The predicted octanol–water partition coefficient (Wildman–Crippen LogP) is 2.15. The number of carbonyl (C=O) groups is 3. The van der Waals surface area contributed by atoms with Crippen molar-refractivity contribution in [1.82, 2.24) is 25.4 Å².